The van der Waals surface area contributed by atoms with Gasteiger partial charge in [0, 0.05) is 51.9 Å². The zero-order chi connectivity index (χ0) is 50.3. The minimum atomic E-state index is 0.678. The molecule has 5 nitrogen and oxygen atoms in total. The topological polar surface area (TPSA) is 25.0 Å². The highest BCUT2D eigenvalue weighted by molar-refractivity contribution is 4.80. The van der Waals surface area contributed by atoms with E-state index >= 15 is 0 Å². The predicted molar refractivity (Wildman–Crippen MR) is 318 cm³/mol. The van der Waals surface area contributed by atoms with Crippen LogP contribution in [0.1, 0.15) is 330 Å². The second-order valence-corrected chi connectivity index (χ2v) is 23.3. The van der Waals surface area contributed by atoms with Gasteiger partial charge in [-0.3, -0.25) is 9.80 Å². The molecule has 0 spiro atoms. The molecule has 1 aliphatic heterocycles. The van der Waals surface area contributed by atoms with Crippen LogP contribution in [0.25, 0.3) is 0 Å². The Bertz CT molecular complexity index is 906. The molecule has 0 aliphatic carbocycles. The molecule has 1 N–H and O–H groups in total. The molecule has 0 saturated carbocycles. The summed E-state index contributed by atoms with van der Waals surface area (Å²) in [6.07, 6.45) is 65.7. The Labute approximate surface area is 444 Å². The van der Waals surface area contributed by atoms with Crippen molar-refractivity contribution in [2.24, 2.45) is 0 Å². The molecule has 0 aromatic heterocycles. The third kappa shape index (κ3) is 46.3. The second kappa shape index (κ2) is 56.5. The van der Waals surface area contributed by atoms with Gasteiger partial charge in [-0.15, -0.1) is 0 Å². The summed E-state index contributed by atoms with van der Waals surface area (Å²) >= 11 is 0. The first kappa shape index (κ1) is 67.8. The zero-order valence-electron chi connectivity index (χ0n) is 49.6. The van der Waals surface area contributed by atoms with Crippen molar-refractivity contribution in [3.8, 4) is 0 Å². The smallest absolute Gasteiger partial charge is 0.0232 e. The van der Waals surface area contributed by atoms with E-state index in [0.717, 1.165) is 0 Å². The summed E-state index contributed by atoms with van der Waals surface area (Å²) in [5.74, 6) is 0. The largest absolute Gasteiger partial charge is 0.315 e. The van der Waals surface area contributed by atoms with Crippen LogP contribution in [0, 0.1) is 0 Å². The first-order valence-corrected chi connectivity index (χ1v) is 33.3. The summed E-state index contributed by atoms with van der Waals surface area (Å²) in [4.78, 5) is 11.6. The molecule has 1 aliphatic rings. The lowest BCUT2D eigenvalue weighted by Crippen LogP contribution is -2.50. The molecule has 0 bridgehead atoms. The minimum absolute atomic E-state index is 0.678. The molecule has 70 heavy (non-hydrogen) atoms. The van der Waals surface area contributed by atoms with Gasteiger partial charge in [0.2, 0.25) is 0 Å². The van der Waals surface area contributed by atoms with E-state index in [-0.39, 0.29) is 0 Å². The fourth-order valence-electron chi connectivity index (χ4n) is 11.4. The summed E-state index contributed by atoms with van der Waals surface area (Å²) in [5.41, 5.74) is 0. The molecule has 1 rings (SSSR count). The van der Waals surface area contributed by atoms with E-state index in [9.17, 15) is 0 Å². The molecule has 0 amide bonds. The van der Waals surface area contributed by atoms with Crippen molar-refractivity contribution < 1.29 is 0 Å². The first-order chi connectivity index (χ1) is 34.7. The maximum absolute atomic E-state index is 4.04. The minimum Gasteiger partial charge on any atom is -0.315 e. The van der Waals surface area contributed by atoms with Gasteiger partial charge in [-0.1, -0.05) is 291 Å². The van der Waals surface area contributed by atoms with Gasteiger partial charge in [-0.05, 0) is 77.8 Å². The average molecular weight is 987 g/mol. The van der Waals surface area contributed by atoms with E-state index in [1.165, 1.54) is 380 Å². The summed E-state index contributed by atoms with van der Waals surface area (Å²) in [6, 6.07) is 0.678. The van der Waals surface area contributed by atoms with Crippen LogP contribution in [0.4, 0.5) is 0 Å². The number of nitrogens with zero attached hydrogens (tertiary/aromatic N) is 4. The van der Waals surface area contributed by atoms with E-state index in [2.05, 4.69) is 59.5 Å². The third-order valence-electron chi connectivity index (χ3n) is 16.6. The molecule has 0 radical (unpaired) electrons. The Morgan fingerprint density at radius 3 is 0.900 bits per heavy atom. The highest BCUT2D eigenvalue weighted by atomic mass is 15.3. The van der Waals surface area contributed by atoms with Gasteiger partial charge < -0.3 is 15.1 Å². The summed E-state index contributed by atoms with van der Waals surface area (Å²) in [5, 5.41) is 4.04. The number of hydrogen-bond acceptors (Lipinski definition) is 5. The molecular weight excluding hydrogens is 851 g/mol. The van der Waals surface area contributed by atoms with Gasteiger partial charge in [-0.25, -0.2) is 0 Å². The summed E-state index contributed by atoms with van der Waals surface area (Å²) in [7, 11) is 0. The fourth-order valence-corrected chi connectivity index (χ4v) is 11.4. The molecule has 1 atom stereocenters. The van der Waals surface area contributed by atoms with Crippen LogP contribution in [0.15, 0.2) is 0 Å². The van der Waals surface area contributed by atoms with Gasteiger partial charge in [0.05, 0.1) is 0 Å². The van der Waals surface area contributed by atoms with Gasteiger partial charge >= 0.3 is 0 Å². The Balaban J connectivity index is 2.69. The van der Waals surface area contributed by atoms with Crippen LogP contribution in [-0.4, -0.2) is 111 Å². The lowest BCUT2D eigenvalue weighted by atomic mass is 10.0. The van der Waals surface area contributed by atoms with Crippen molar-refractivity contribution >= 4 is 0 Å². The van der Waals surface area contributed by atoms with Crippen molar-refractivity contribution in [1.29, 1.82) is 0 Å². The van der Waals surface area contributed by atoms with E-state index < -0.39 is 0 Å². The zero-order valence-corrected chi connectivity index (χ0v) is 49.6. The van der Waals surface area contributed by atoms with Gasteiger partial charge in [0.25, 0.3) is 0 Å². The molecule has 1 unspecified atom stereocenters. The van der Waals surface area contributed by atoms with Crippen molar-refractivity contribution in [1.82, 2.24) is 24.9 Å². The summed E-state index contributed by atoms with van der Waals surface area (Å²) < 4.78 is 0. The highest BCUT2D eigenvalue weighted by Crippen LogP contribution is 2.18. The lowest BCUT2D eigenvalue weighted by Gasteiger charge is -2.38. The maximum atomic E-state index is 4.04. The van der Waals surface area contributed by atoms with Crippen molar-refractivity contribution in [3.05, 3.63) is 0 Å². The second-order valence-electron chi connectivity index (χ2n) is 23.3. The molecule has 1 saturated heterocycles. The highest BCUT2D eigenvalue weighted by Gasteiger charge is 2.22. The third-order valence-corrected chi connectivity index (χ3v) is 16.6. The Hall–Kier alpha value is -0.200. The Morgan fingerprint density at radius 2 is 0.571 bits per heavy atom. The molecule has 0 aromatic rings. The van der Waals surface area contributed by atoms with E-state index in [1.54, 1.807) is 0 Å². The monoisotopic (exact) mass is 986 g/mol. The van der Waals surface area contributed by atoms with Gasteiger partial charge in [0.15, 0.2) is 0 Å². The fraction of sp³-hybridized carbons (Fsp3) is 1.00. The quantitative estimate of drug-likeness (QED) is 0.0613. The molecule has 5 heteroatoms. The maximum Gasteiger partial charge on any atom is 0.0232 e. The predicted octanol–water partition coefficient (Wildman–Crippen LogP) is 19.2. The number of piperazine rings is 1. The Kier molecular flexibility index (Phi) is 54.8. The molecule has 1 fully saturated rings. The van der Waals surface area contributed by atoms with Crippen molar-refractivity contribution in [3.63, 3.8) is 0 Å². The van der Waals surface area contributed by atoms with Crippen molar-refractivity contribution in [2.75, 3.05) is 85.1 Å². The molecule has 420 valence electrons. The SMILES string of the molecule is CCCCCCCCCCCCCCN(CCCCCCCCCCCCCC)CCN1CCN(CCC(CNCCCCCCCCC)N(CCCCCCCCC)CCCCCCCCC)CC1. The van der Waals surface area contributed by atoms with Crippen LogP contribution in [0.3, 0.4) is 0 Å². The van der Waals surface area contributed by atoms with E-state index in [4.69, 9.17) is 0 Å². The van der Waals surface area contributed by atoms with Crippen LogP contribution >= 0.6 is 0 Å². The van der Waals surface area contributed by atoms with Crippen LogP contribution in [-0.2, 0) is 0 Å². The number of rotatable bonds is 59. The first-order valence-electron chi connectivity index (χ1n) is 33.3. The number of unbranched alkanes of at least 4 members (excludes halogenated alkanes) is 40. The lowest BCUT2D eigenvalue weighted by molar-refractivity contribution is 0.102. The van der Waals surface area contributed by atoms with Crippen LogP contribution in [0.5, 0.6) is 0 Å². The standard InChI is InChI=1S/C65H135N5/c1-6-11-16-21-26-28-30-32-34-39-42-47-53-67(54-48-43-40-35-33-31-29-27-22-17-12-7-2)58-61-69-62-59-68(60-63-69)57-51-65(64-66-52-46-41-36-23-18-13-8-3)70(55-49-44-37-24-19-14-9-4)56-50-45-38-25-20-15-10-5/h65-66H,6-64H2,1-5H3. The van der Waals surface area contributed by atoms with E-state index in [1.807, 2.05) is 0 Å². The normalized spacial score (nSPS) is 14.3. The molecule has 0 aromatic carbocycles. The van der Waals surface area contributed by atoms with Crippen LogP contribution < -0.4 is 5.32 Å². The Morgan fingerprint density at radius 1 is 0.300 bits per heavy atom. The summed E-state index contributed by atoms with van der Waals surface area (Å²) in [6.45, 7) is 28.3. The van der Waals surface area contributed by atoms with Crippen molar-refractivity contribution in [2.45, 2.75) is 336 Å². The molecular formula is C65H135N5. The molecule has 1 heterocycles. The van der Waals surface area contributed by atoms with Gasteiger partial charge in [0.1, 0.15) is 0 Å². The number of hydrogen-bond donors (Lipinski definition) is 1. The van der Waals surface area contributed by atoms with Crippen LogP contribution in [0.2, 0.25) is 0 Å². The average Bonchev–Trinajstić information content (AvgIpc) is 3.37. The van der Waals surface area contributed by atoms with Gasteiger partial charge in [-0.2, -0.15) is 0 Å². The van der Waals surface area contributed by atoms with E-state index in [0.29, 0.717) is 6.04 Å². The number of nitrogens with one attached hydrogen (secondary N) is 1.